The Morgan fingerprint density at radius 3 is 2.49 bits per heavy atom. The predicted molar refractivity (Wildman–Crippen MR) is 143 cm³/mol. The van der Waals surface area contributed by atoms with E-state index in [1.54, 1.807) is 0 Å². The Bertz CT molecular complexity index is 1420. The van der Waals surface area contributed by atoms with Crippen LogP contribution in [-0.4, -0.2) is 19.2 Å². The van der Waals surface area contributed by atoms with Crippen molar-refractivity contribution in [1.82, 2.24) is 5.32 Å². The summed E-state index contributed by atoms with van der Waals surface area (Å²) >= 11 is 0. The van der Waals surface area contributed by atoms with Gasteiger partial charge in [-0.2, -0.15) is 0 Å². The lowest BCUT2D eigenvalue weighted by Gasteiger charge is -2.32. The molecule has 178 valence electrons. The molecule has 2 heterocycles. The van der Waals surface area contributed by atoms with Crippen LogP contribution in [-0.2, 0) is 11.3 Å². The fraction of sp³-hybridized carbons (Fsp3) is 0.200. The molecule has 1 fully saturated rings. The maximum atomic E-state index is 6.50. The number of fused-ring (bicyclic) bond motifs is 3. The van der Waals surface area contributed by atoms with Crippen LogP contribution in [0.2, 0.25) is 0 Å². The van der Waals surface area contributed by atoms with Gasteiger partial charge in [0, 0.05) is 28.8 Å². The number of nitrogens with one attached hydrogen (secondary N) is 1. The molecule has 35 heavy (non-hydrogen) atoms. The highest BCUT2D eigenvalue weighted by Crippen LogP contribution is 2.37. The van der Waals surface area contributed by atoms with E-state index in [-0.39, 0.29) is 24.4 Å². The molecule has 0 unspecified atom stereocenters. The molecule has 4 nitrogen and oxygen atoms in total. The van der Waals surface area contributed by atoms with Gasteiger partial charge >= 0.3 is 0 Å². The van der Waals surface area contributed by atoms with Crippen molar-refractivity contribution in [1.29, 1.82) is 0 Å². The summed E-state index contributed by atoms with van der Waals surface area (Å²) in [7, 11) is 0. The number of halogens is 1. The molecule has 6 rings (SSSR count). The van der Waals surface area contributed by atoms with Gasteiger partial charge in [0.1, 0.15) is 22.7 Å². The van der Waals surface area contributed by atoms with Gasteiger partial charge in [-0.25, -0.2) is 0 Å². The fourth-order valence-electron chi connectivity index (χ4n) is 4.95. The largest absolute Gasteiger partial charge is 0.457 e. The summed E-state index contributed by atoms with van der Waals surface area (Å²) in [5.41, 5.74) is 4.26. The van der Waals surface area contributed by atoms with Gasteiger partial charge in [-0.1, -0.05) is 66.7 Å². The summed E-state index contributed by atoms with van der Waals surface area (Å²) in [5.74, 6) is 1.92. The van der Waals surface area contributed by atoms with Crippen LogP contribution in [0.25, 0.3) is 21.9 Å². The van der Waals surface area contributed by atoms with Crippen molar-refractivity contribution in [3.8, 4) is 11.5 Å². The van der Waals surface area contributed by atoms with Crippen molar-refractivity contribution >= 4 is 34.3 Å². The summed E-state index contributed by atoms with van der Waals surface area (Å²) in [5, 5.41) is 5.85. The average Bonchev–Trinajstić information content (AvgIpc) is 3.28. The summed E-state index contributed by atoms with van der Waals surface area (Å²) in [4.78, 5) is 0. The predicted octanol–water partition coefficient (Wildman–Crippen LogP) is 7.46. The molecule has 5 aromatic rings. The molecule has 1 aliphatic rings. The quantitative estimate of drug-likeness (QED) is 0.271. The highest BCUT2D eigenvalue weighted by atomic mass is 35.5. The van der Waals surface area contributed by atoms with E-state index >= 15 is 0 Å². The van der Waals surface area contributed by atoms with E-state index < -0.39 is 0 Å². The molecule has 0 spiro atoms. The first-order valence-electron chi connectivity index (χ1n) is 11.9. The highest BCUT2D eigenvalue weighted by molar-refractivity contribution is 6.05. The molecule has 1 N–H and O–H groups in total. The Hall–Kier alpha value is -3.31. The minimum atomic E-state index is 0. The number of piperidine rings is 1. The van der Waals surface area contributed by atoms with Gasteiger partial charge in [-0.05, 0) is 48.9 Å². The molecule has 0 bridgehead atoms. The van der Waals surface area contributed by atoms with Crippen LogP contribution in [0, 0.1) is 0 Å². The number of para-hydroxylation sites is 3. The first kappa shape index (κ1) is 23.4. The van der Waals surface area contributed by atoms with Crippen LogP contribution in [0.3, 0.4) is 0 Å². The van der Waals surface area contributed by atoms with Crippen molar-refractivity contribution in [2.24, 2.45) is 0 Å². The molecule has 0 radical (unpaired) electrons. The zero-order chi connectivity index (χ0) is 22.7. The molecule has 1 aliphatic heterocycles. The van der Waals surface area contributed by atoms with E-state index in [1.165, 1.54) is 16.3 Å². The van der Waals surface area contributed by atoms with E-state index in [1.807, 2.05) is 54.6 Å². The van der Waals surface area contributed by atoms with Gasteiger partial charge in [-0.15, -0.1) is 12.4 Å². The number of benzene rings is 4. The van der Waals surface area contributed by atoms with E-state index in [0.717, 1.165) is 47.7 Å². The van der Waals surface area contributed by atoms with Crippen LogP contribution in [0.15, 0.2) is 101 Å². The second-order valence-electron chi connectivity index (χ2n) is 8.83. The second-order valence-corrected chi connectivity index (χ2v) is 8.83. The molecule has 2 atom stereocenters. The Balaban J connectivity index is 0.00000253. The van der Waals surface area contributed by atoms with Gasteiger partial charge in [0.25, 0.3) is 0 Å². The molecule has 1 aromatic heterocycles. The van der Waals surface area contributed by atoms with Crippen LogP contribution < -0.4 is 10.1 Å². The van der Waals surface area contributed by atoms with Crippen LogP contribution >= 0.6 is 12.4 Å². The molecule has 4 aromatic carbocycles. The van der Waals surface area contributed by atoms with Gasteiger partial charge < -0.3 is 19.2 Å². The third-order valence-electron chi connectivity index (χ3n) is 6.60. The van der Waals surface area contributed by atoms with E-state index in [2.05, 4.69) is 47.8 Å². The summed E-state index contributed by atoms with van der Waals surface area (Å²) < 4.78 is 18.8. The monoisotopic (exact) mass is 485 g/mol. The Morgan fingerprint density at radius 1 is 0.800 bits per heavy atom. The lowest BCUT2D eigenvalue weighted by atomic mass is 9.86. The lowest BCUT2D eigenvalue weighted by Crippen LogP contribution is -2.41. The van der Waals surface area contributed by atoms with E-state index in [9.17, 15) is 0 Å². The normalized spacial score (nSPS) is 17.8. The van der Waals surface area contributed by atoms with Crippen LogP contribution in [0.4, 0.5) is 0 Å². The minimum Gasteiger partial charge on any atom is -0.457 e. The Labute approximate surface area is 211 Å². The molecular formula is C30H28ClNO3. The fourth-order valence-corrected chi connectivity index (χ4v) is 4.95. The molecule has 0 saturated carbocycles. The lowest BCUT2D eigenvalue weighted by molar-refractivity contribution is 0.0107. The van der Waals surface area contributed by atoms with Gasteiger partial charge in [0.05, 0.1) is 12.7 Å². The van der Waals surface area contributed by atoms with E-state index in [0.29, 0.717) is 6.61 Å². The van der Waals surface area contributed by atoms with Crippen molar-refractivity contribution in [2.45, 2.75) is 25.0 Å². The standard InChI is InChI=1S/C30H27NO3.ClH/c1-2-9-22(10-3-1)33-23-11-6-8-21(18-23)20-32-29-19-31-17-16-25(29)27-14-7-13-26-24-12-4-5-15-28(24)34-30(26)27;/h1-15,18,25,29,31H,16-17,19-20H2;1H/t25-,29+;/m1./s1. The maximum Gasteiger partial charge on any atom is 0.138 e. The van der Waals surface area contributed by atoms with E-state index in [4.69, 9.17) is 13.9 Å². The summed E-state index contributed by atoms with van der Waals surface area (Å²) in [6, 6.07) is 32.7. The second kappa shape index (κ2) is 10.5. The zero-order valence-electron chi connectivity index (χ0n) is 19.4. The highest BCUT2D eigenvalue weighted by Gasteiger charge is 2.30. The molecular weight excluding hydrogens is 458 g/mol. The van der Waals surface area contributed by atoms with Gasteiger partial charge in [0.15, 0.2) is 0 Å². The first-order chi connectivity index (χ1) is 16.8. The van der Waals surface area contributed by atoms with Crippen molar-refractivity contribution in [2.75, 3.05) is 13.1 Å². The average molecular weight is 486 g/mol. The summed E-state index contributed by atoms with van der Waals surface area (Å²) in [6.45, 7) is 2.33. The Morgan fingerprint density at radius 2 is 1.57 bits per heavy atom. The molecule has 0 amide bonds. The number of hydrogen-bond acceptors (Lipinski definition) is 4. The SMILES string of the molecule is Cl.c1ccc(Oc2cccc(CO[C@H]3CNCC[C@@H]3c3cccc4c3oc3ccccc34)c2)cc1. The third kappa shape index (κ3) is 4.92. The minimum absolute atomic E-state index is 0. The topological polar surface area (TPSA) is 43.6 Å². The van der Waals surface area contributed by atoms with Crippen molar-refractivity contribution in [3.05, 3.63) is 108 Å². The van der Waals surface area contributed by atoms with Crippen LogP contribution in [0.5, 0.6) is 11.5 Å². The molecule has 0 aliphatic carbocycles. The number of ether oxygens (including phenoxy) is 2. The van der Waals surface area contributed by atoms with Gasteiger partial charge in [-0.3, -0.25) is 0 Å². The third-order valence-corrected chi connectivity index (χ3v) is 6.60. The number of rotatable bonds is 6. The van der Waals surface area contributed by atoms with Gasteiger partial charge in [0.2, 0.25) is 0 Å². The number of furan rings is 1. The Kier molecular flexibility index (Phi) is 7.05. The first-order valence-corrected chi connectivity index (χ1v) is 11.9. The smallest absolute Gasteiger partial charge is 0.138 e. The molecule has 1 saturated heterocycles. The summed E-state index contributed by atoms with van der Waals surface area (Å²) in [6.07, 6.45) is 1.07. The zero-order valence-corrected chi connectivity index (χ0v) is 20.2. The maximum absolute atomic E-state index is 6.50. The molecule has 5 heteroatoms. The van der Waals surface area contributed by atoms with Crippen molar-refractivity contribution in [3.63, 3.8) is 0 Å². The van der Waals surface area contributed by atoms with Crippen LogP contribution in [0.1, 0.15) is 23.5 Å². The van der Waals surface area contributed by atoms with Crippen molar-refractivity contribution < 1.29 is 13.9 Å². The number of hydrogen-bond donors (Lipinski definition) is 1.